The minimum atomic E-state index is -0.639. The number of hydrogen-bond donors (Lipinski definition) is 3. The minimum absolute atomic E-state index is 0.0458. The third-order valence-electron chi connectivity index (χ3n) is 5.52. The van der Waals surface area contributed by atoms with Crippen LogP contribution in [0.15, 0.2) is 42.7 Å². The fraction of sp³-hybridized carbons (Fsp3) is 0.385. The first kappa shape index (κ1) is 26.6. The van der Waals surface area contributed by atoms with Gasteiger partial charge < -0.3 is 16.0 Å². The van der Waals surface area contributed by atoms with Gasteiger partial charge in [-0.2, -0.15) is 0 Å². The molecule has 0 fully saturated rings. The van der Waals surface area contributed by atoms with Crippen LogP contribution in [0.25, 0.3) is 0 Å². The highest BCUT2D eigenvalue weighted by Crippen LogP contribution is 2.28. The van der Waals surface area contributed by atoms with Crippen LogP contribution in [0.1, 0.15) is 65.6 Å². The third kappa shape index (κ3) is 7.77. The van der Waals surface area contributed by atoms with E-state index < -0.39 is 6.04 Å². The van der Waals surface area contributed by atoms with Gasteiger partial charge in [0.15, 0.2) is 0 Å². The summed E-state index contributed by atoms with van der Waals surface area (Å²) >= 11 is 7.48. The number of aromatic nitrogens is 2. The molecule has 3 heterocycles. The maximum atomic E-state index is 13.1. The van der Waals surface area contributed by atoms with E-state index in [0.717, 1.165) is 28.4 Å². The molecular weight excluding hydrogens is 482 g/mol. The van der Waals surface area contributed by atoms with Crippen LogP contribution in [0.4, 0.5) is 11.4 Å². The number of carbonyl (C=O) groups excluding carboxylic acids is 2. The van der Waals surface area contributed by atoms with Gasteiger partial charge in [0.25, 0.3) is 5.91 Å². The fourth-order valence-electron chi connectivity index (χ4n) is 3.52. The molecular formula is C26H32ClN5O2S. The normalized spacial score (nSPS) is 12.8. The lowest BCUT2D eigenvalue weighted by atomic mass is 10.0. The van der Waals surface area contributed by atoms with Crippen molar-refractivity contribution in [2.24, 2.45) is 5.92 Å². The second-order valence-electron chi connectivity index (χ2n) is 9.03. The number of halogens is 1. The topological polar surface area (TPSA) is 96.0 Å². The molecule has 0 aliphatic heterocycles. The predicted octanol–water partition coefficient (Wildman–Crippen LogP) is 6.15. The largest absolute Gasteiger partial charge is 0.376 e. The van der Waals surface area contributed by atoms with Crippen molar-refractivity contribution < 1.29 is 9.59 Å². The average Bonchev–Trinajstić information content (AvgIpc) is 3.29. The third-order valence-corrected chi connectivity index (χ3v) is 7.00. The molecule has 3 N–H and O–H groups in total. The maximum Gasteiger partial charge on any atom is 0.262 e. The second-order valence-corrected chi connectivity index (χ2v) is 10.6. The number of anilines is 2. The number of pyridine rings is 2. The highest BCUT2D eigenvalue weighted by Gasteiger charge is 2.23. The van der Waals surface area contributed by atoms with Crippen molar-refractivity contribution in [3.05, 3.63) is 68.9 Å². The Morgan fingerprint density at radius 2 is 1.83 bits per heavy atom. The first-order valence-corrected chi connectivity index (χ1v) is 12.8. The molecule has 9 heteroatoms. The van der Waals surface area contributed by atoms with E-state index in [0.29, 0.717) is 27.9 Å². The van der Waals surface area contributed by atoms with Gasteiger partial charge in [-0.05, 0) is 69.9 Å². The Kier molecular flexibility index (Phi) is 9.23. The summed E-state index contributed by atoms with van der Waals surface area (Å²) < 4.78 is 0. The molecule has 0 aromatic carbocycles. The van der Waals surface area contributed by atoms with Gasteiger partial charge in [-0.3, -0.25) is 19.6 Å². The Balaban J connectivity index is 1.68. The van der Waals surface area contributed by atoms with Crippen molar-refractivity contribution >= 4 is 46.1 Å². The van der Waals surface area contributed by atoms with Gasteiger partial charge in [0, 0.05) is 28.7 Å². The summed E-state index contributed by atoms with van der Waals surface area (Å²) in [6.45, 7) is 9.99. The van der Waals surface area contributed by atoms with Crippen LogP contribution >= 0.6 is 22.9 Å². The van der Waals surface area contributed by atoms with E-state index in [1.807, 2.05) is 32.9 Å². The molecule has 0 spiro atoms. The summed E-state index contributed by atoms with van der Waals surface area (Å²) in [4.78, 5) is 36.1. The van der Waals surface area contributed by atoms with Crippen LogP contribution in [-0.4, -0.2) is 27.8 Å². The van der Waals surface area contributed by atoms with E-state index in [9.17, 15) is 9.59 Å². The standard InChI is InChI=1S/C26H32ClN5O2S/c1-15(2)6-7-21(25(33)31-20-10-11-28-16(3)12-20)32-26(34)24-9-8-23(35-24)18(5)30-22-13-19(27)14-29-17(22)4/h8-15,18,21,30H,6-7H2,1-5H3,(H,32,34)(H,28,31,33)/t18-,21-/m0/s1. The van der Waals surface area contributed by atoms with Crippen LogP contribution in [0.5, 0.6) is 0 Å². The Hall–Kier alpha value is -2.97. The van der Waals surface area contributed by atoms with Gasteiger partial charge in [-0.1, -0.05) is 25.4 Å². The lowest BCUT2D eigenvalue weighted by molar-refractivity contribution is -0.118. The first-order chi connectivity index (χ1) is 16.6. The lowest BCUT2D eigenvalue weighted by Gasteiger charge is -2.19. The average molecular weight is 514 g/mol. The monoisotopic (exact) mass is 513 g/mol. The number of nitrogens with zero attached hydrogens (tertiary/aromatic N) is 2. The number of thiophene rings is 1. The maximum absolute atomic E-state index is 13.1. The van der Waals surface area contributed by atoms with E-state index in [1.54, 1.807) is 30.6 Å². The minimum Gasteiger partial charge on any atom is -0.376 e. The molecule has 0 aliphatic rings. The zero-order chi connectivity index (χ0) is 25.5. The molecule has 7 nitrogen and oxygen atoms in total. The zero-order valence-electron chi connectivity index (χ0n) is 20.7. The molecule has 0 aliphatic carbocycles. The fourth-order valence-corrected chi connectivity index (χ4v) is 4.59. The quantitative estimate of drug-likeness (QED) is 0.302. The van der Waals surface area contributed by atoms with Crippen LogP contribution in [-0.2, 0) is 4.79 Å². The van der Waals surface area contributed by atoms with Crippen LogP contribution in [0.2, 0.25) is 5.02 Å². The number of aryl methyl sites for hydroxylation is 2. The molecule has 0 unspecified atom stereocenters. The predicted molar refractivity (Wildman–Crippen MR) is 143 cm³/mol. The Morgan fingerprint density at radius 1 is 1.06 bits per heavy atom. The van der Waals surface area contributed by atoms with Crippen molar-refractivity contribution in [3.8, 4) is 0 Å². The molecule has 2 amide bonds. The molecule has 3 rings (SSSR count). The Morgan fingerprint density at radius 3 is 2.54 bits per heavy atom. The molecule has 186 valence electrons. The smallest absolute Gasteiger partial charge is 0.262 e. The SMILES string of the molecule is Cc1cc(NC(=O)[C@H](CCC(C)C)NC(=O)c2ccc([C@H](C)Nc3cc(Cl)cnc3C)s2)ccn1. The highest BCUT2D eigenvalue weighted by atomic mass is 35.5. The number of rotatable bonds is 10. The number of carbonyl (C=O) groups is 2. The van der Waals surface area contributed by atoms with Crippen LogP contribution in [0, 0.1) is 19.8 Å². The molecule has 0 radical (unpaired) electrons. The Bertz CT molecular complexity index is 1180. The summed E-state index contributed by atoms with van der Waals surface area (Å²) in [6, 6.07) is 8.41. The number of amides is 2. The highest BCUT2D eigenvalue weighted by molar-refractivity contribution is 7.14. The molecule has 3 aromatic heterocycles. The second kappa shape index (κ2) is 12.1. The molecule has 2 atom stereocenters. The van der Waals surface area contributed by atoms with Gasteiger partial charge in [-0.15, -0.1) is 11.3 Å². The Labute approximate surface area is 215 Å². The van der Waals surface area contributed by atoms with Gasteiger partial charge >= 0.3 is 0 Å². The summed E-state index contributed by atoms with van der Waals surface area (Å²) in [5.41, 5.74) is 3.17. The van der Waals surface area contributed by atoms with Crippen molar-refractivity contribution in [1.29, 1.82) is 0 Å². The number of hydrogen-bond acceptors (Lipinski definition) is 6. The van der Waals surface area contributed by atoms with E-state index in [4.69, 9.17) is 11.6 Å². The molecule has 0 saturated heterocycles. The van der Waals surface area contributed by atoms with Gasteiger partial charge in [0.05, 0.1) is 27.3 Å². The zero-order valence-corrected chi connectivity index (χ0v) is 22.3. The lowest BCUT2D eigenvalue weighted by Crippen LogP contribution is -2.43. The van der Waals surface area contributed by atoms with Gasteiger partial charge in [0.2, 0.25) is 5.91 Å². The van der Waals surface area contributed by atoms with Gasteiger partial charge in [-0.25, -0.2) is 0 Å². The molecule has 0 saturated carbocycles. The summed E-state index contributed by atoms with van der Waals surface area (Å²) in [5.74, 6) is -0.0840. The van der Waals surface area contributed by atoms with E-state index in [2.05, 4.69) is 39.8 Å². The van der Waals surface area contributed by atoms with Crippen molar-refractivity contribution in [3.63, 3.8) is 0 Å². The van der Waals surface area contributed by atoms with Crippen molar-refractivity contribution in [1.82, 2.24) is 15.3 Å². The molecule has 35 heavy (non-hydrogen) atoms. The summed E-state index contributed by atoms with van der Waals surface area (Å²) in [6.07, 6.45) is 4.63. The van der Waals surface area contributed by atoms with Crippen LogP contribution < -0.4 is 16.0 Å². The van der Waals surface area contributed by atoms with Gasteiger partial charge in [0.1, 0.15) is 6.04 Å². The molecule has 3 aromatic rings. The van der Waals surface area contributed by atoms with E-state index in [1.165, 1.54) is 11.3 Å². The summed E-state index contributed by atoms with van der Waals surface area (Å²) in [7, 11) is 0. The van der Waals surface area contributed by atoms with E-state index in [-0.39, 0.29) is 17.9 Å². The first-order valence-electron chi connectivity index (χ1n) is 11.6. The van der Waals surface area contributed by atoms with Crippen molar-refractivity contribution in [2.75, 3.05) is 10.6 Å². The molecule has 0 bridgehead atoms. The summed E-state index contributed by atoms with van der Waals surface area (Å²) in [5, 5.41) is 9.81. The number of nitrogens with one attached hydrogen (secondary N) is 3. The van der Waals surface area contributed by atoms with E-state index >= 15 is 0 Å². The van der Waals surface area contributed by atoms with Crippen molar-refractivity contribution in [2.45, 2.75) is 59.5 Å². The van der Waals surface area contributed by atoms with Crippen LogP contribution in [0.3, 0.4) is 0 Å².